The van der Waals surface area contributed by atoms with Gasteiger partial charge < -0.3 is 14.8 Å². The van der Waals surface area contributed by atoms with Crippen molar-refractivity contribution < 1.29 is 9.47 Å². The number of para-hydroxylation sites is 2. The number of fused-ring (bicyclic) bond motifs is 1. The third-order valence-corrected chi connectivity index (χ3v) is 5.40. The van der Waals surface area contributed by atoms with E-state index in [1.165, 1.54) is 5.56 Å². The van der Waals surface area contributed by atoms with Crippen LogP contribution in [-0.2, 0) is 12.8 Å². The Kier molecular flexibility index (Phi) is 6.43. The number of ether oxygens (including phenoxy) is 2. The number of methoxy groups -OCH3 is 2. The molecule has 1 N–H and O–H groups in total. The lowest BCUT2D eigenvalue weighted by Gasteiger charge is -2.16. The normalized spacial score (nSPS) is 10.9. The second-order valence-electron chi connectivity index (χ2n) is 7.38. The fourth-order valence-electron chi connectivity index (χ4n) is 3.79. The summed E-state index contributed by atoms with van der Waals surface area (Å²) in [7, 11) is 5.30. The average Bonchev–Trinajstić information content (AvgIpc) is 2.83. The molecule has 0 spiro atoms. The SMILES string of the molecule is CNCCc1cc(OC)c(OC)cc1Cc1nc2ccccc2nc1-c1ccccc1. The first kappa shape index (κ1) is 20.8. The van der Waals surface area contributed by atoms with Crippen LogP contribution in [0.25, 0.3) is 22.3 Å². The van der Waals surface area contributed by atoms with Gasteiger partial charge in [0.15, 0.2) is 11.5 Å². The van der Waals surface area contributed by atoms with E-state index in [2.05, 4.69) is 29.6 Å². The van der Waals surface area contributed by atoms with Crippen LogP contribution in [0.3, 0.4) is 0 Å². The highest BCUT2D eigenvalue weighted by molar-refractivity contribution is 5.78. The number of nitrogens with one attached hydrogen (secondary N) is 1. The quantitative estimate of drug-likeness (QED) is 0.455. The zero-order chi connectivity index (χ0) is 21.6. The monoisotopic (exact) mass is 413 g/mol. The van der Waals surface area contributed by atoms with Gasteiger partial charge in [-0.2, -0.15) is 0 Å². The summed E-state index contributed by atoms with van der Waals surface area (Å²) in [4.78, 5) is 10.00. The maximum absolute atomic E-state index is 5.58. The highest BCUT2D eigenvalue weighted by Gasteiger charge is 2.16. The molecule has 0 amide bonds. The van der Waals surface area contributed by atoms with Crippen molar-refractivity contribution in [3.8, 4) is 22.8 Å². The smallest absolute Gasteiger partial charge is 0.161 e. The third-order valence-electron chi connectivity index (χ3n) is 5.40. The van der Waals surface area contributed by atoms with Gasteiger partial charge in [0.25, 0.3) is 0 Å². The molecule has 3 aromatic carbocycles. The van der Waals surface area contributed by atoms with Gasteiger partial charge in [0, 0.05) is 12.0 Å². The molecule has 0 saturated heterocycles. The lowest BCUT2D eigenvalue weighted by atomic mass is 9.96. The molecule has 0 radical (unpaired) electrons. The second-order valence-corrected chi connectivity index (χ2v) is 7.38. The van der Waals surface area contributed by atoms with Gasteiger partial charge in [-0.25, -0.2) is 9.97 Å². The average molecular weight is 414 g/mol. The molecule has 5 nitrogen and oxygen atoms in total. The Morgan fingerprint density at radius 2 is 1.39 bits per heavy atom. The molecule has 31 heavy (non-hydrogen) atoms. The second kappa shape index (κ2) is 9.58. The predicted molar refractivity (Wildman–Crippen MR) is 125 cm³/mol. The third kappa shape index (κ3) is 4.52. The Balaban J connectivity index is 1.85. The molecule has 4 aromatic rings. The number of nitrogens with zero attached hydrogens (tertiary/aromatic N) is 2. The van der Waals surface area contributed by atoms with Crippen LogP contribution in [0.2, 0.25) is 0 Å². The molecule has 0 aliphatic carbocycles. The fraction of sp³-hybridized carbons (Fsp3) is 0.231. The van der Waals surface area contributed by atoms with Gasteiger partial charge in [-0.3, -0.25) is 0 Å². The highest BCUT2D eigenvalue weighted by Crippen LogP contribution is 2.33. The standard InChI is InChI=1S/C26H27N3O2/c1-27-14-13-19-16-24(30-2)25(31-3)17-20(19)15-23-26(18-9-5-4-6-10-18)29-22-12-8-7-11-21(22)28-23/h4-12,16-17,27H,13-15H2,1-3H3. The zero-order valence-electron chi connectivity index (χ0n) is 18.2. The predicted octanol–water partition coefficient (Wildman–Crippen LogP) is 4.67. The van der Waals surface area contributed by atoms with Gasteiger partial charge in [-0.05, 0) is 55.4 Å². The van der Waals surface area contributed by atoms with E-state index in [1.54, 1.807) is 14.2 Å². The van der Waals surface area contributed by atoms with Crippen LogP contribution < -0.4 is 14.8 Å². The zero-order valence-corrected chi connectivity index (χ0v) is 18.2. The molecule has 0 atom stereocenters. The fourth-order valence-corrected chi connectivity index (χ4v) is 3.79. The molecule has 0 aliphatic heterocycles. The molecule has 0 saturated carbocycles. The number of likely N-dealkylation sites (N-methyl/N-ethyl adjacent to an activating group) is 1. The molecule has 0 bridgehead atoms. The molecule has 4 rings (SSSR count). The van der Waals surface area contributed by atoms with Crippen molar-refractivity contribution in [2.45, 2.75) is 12.8 Å². The first-order valence-corrected chi connectivity index (χ1v) is 10.4. The number of rotatable bonds is 8. The summed E-state index contributed by atoms with van der Waals surface area (Å²) in [5.41, 5.74) is 7.09. The van der Waals surface area contributed by atoms with E-state index in [0.717, 1.165) is 58.0 Å². The minimum absolute atomic E-state index is 0.654. The number of hydrogen-bond donors (Lipinski definition) is 1. The van der Waals surface area contributed by atoms with Crippen LogP contribution in [-0.4, -0.2) is 37.8 Å². The van der Waals surface area contributed by atoms with Crippen LogP contribution in [0.4, 0.5) is 0 Å². The van der Waals surface area contributed by atoms with Crippen molar-refractivity contribution in [1.82, 2.24) is 15.3 Å². The Labute approximate surface area is 183 Å². The Morgan fingerprint density at radius 1 is 0.774 bits per heavy atom. The van der Waals surface area contributed by atoms with E-state index in [0.29, 0.717) is 6.42 Å². The number of hydrogen-bond acceptors (Lipinski definition) is 5. The van der Waals surface area contributed by atoms with Crippen molar-refractivity contribution in [2.24, 2.45) is 0 Å². The van der Waals surface area contributed by atoms with Crippen molar-refractivity contribution in [3.05, 3.63) is 83.6 Å². The Morgan fingerprint density at radius 3 is 2.03 bits per heavy atom. The summed E-state index contributed by atoms with van der Waals surface area (Å²) in [5, 5.41) is 3.23. The number of benzene rings is 3. The molecule has 1 heterocycles. The van der Waals surface area contributed by atoms with Crippen LogP contribution in [0.5, 0.6) is 11.5 Å². The minimum atomic E-state index is 0.654. The molecule has 0 unspecified atom stereocenters. The summed E-state index contributed by atoms with van der Waals surface area (Å²) in [6.07, 6.45) is 1.54. The van der Waals surface area contributed by atoms with E-state index in [-0.39, 0.29) is 0 Å². The summed E-state index contributed by atoms with van der Waals surface area (Å²) in [6.45, 7) is 0.872. The molecular formula is C26H27N3O2. The highest BCUT2D eigenvalue weighted by atomic mass is 16.5. The van der Waals surface area contributed by atoms with Crippen molar-refractivity contribution in [1.29, 1.82) is 0 Å². The minimum Gasteiger partial charge on any atom is -0.493 e. The Bertz CT molecular complexity index is 1180. The summed E-state index contributed by atoms with van der Waals surface area (Å²) >= 11 is 0. The van der Waals surface area contributed by atoms with E-state index in [1.807, 2.05) is 49.5 Å². The molecule has 1 aromatic heterocycles. The van der Waals surface area contributed by atoms with Crippen molar-refractivity contribution in [3.63, 3.8) is 0 Å². The molecule has 158 valence electrons. The van der Waals surface area contributed by atoms with Crippen molar-refractivity contribution in [2.75, 3.05) is 27.8 Å². The van der Waals surface area contributed by atoms with E-state index >= 15 is 0 Å². The molecule has 0 fully saturated rings. The van der Waals surface area contributed by atoms with Crippen LogP contribution in [0, 0.1) is 0 Å². The lowest BCUT2D eigenvalue weighted by molar-refractivity contribution is 0.354. The van der Waals surface area contributed by atoms with Crippen LogP contribution >= 0.6 is 0 Å². The summed E-state index contributed by atoms with van der Waals surface area (Å²) in [5.74, 6) is 1.46. The molecule has 0 aliphatic rings. The van der Waals surface area contributed by atoms with Gasteiger partial charge in [-0.1, -0.05) is 42.5 Å². The topological polar surface area (TPSA) is 56.3 Å². The van der Waals surface area contributed by atoms with Crippen LogP contribution in [0.1, 0.15) is 16.8 Å². The van der Waals surface area contributed by atoms with E-state index in [4.69, 9.17) is 19.4 Å². The van der Waals surface area contributed by atoms with Gasteiger partial charge >= 0.3 is 0 Å². The molecule has 5 heteroatoms. The van der Waals surface area contributed by atoms with Gasteiger partial charge in [0.1, 0.15) is 0 Å². The first-order valence-electron chi connectivity index (χ1n) is 10.4. The molecular weight excluding hydrogens is 386 g/mol. The maximum atomic E-state index is 5.58. The lowest BCUT2D eigenvalue weighted by Crippen LogP contribution is -2.12. The largest absolute Gasteiger partial charge is 0.493 e. The van der Waals surface area contributed by atoms with Crippen molar-refractivity contribution >= 4 is 11.0 Å². The number of aromatic nitrogens is 2. The first-order chi connectivity index (χ1) is 15.2. The summed E-state index contributed by atoms with van der Waals surface area (Å²) < 4.78 is 11.1. The van der Waals surface area contributed by atoms with Gasteiger partial charge in [-0.15, -0.1) is 0 Å². The van der Waals surface area contributed by atoms with Gasteiger partial charge in [0.2, 0.25) is 0 Å². The Hall–Kier alpha value is -3.44. The van der Waals surface area contributed by atoms with E-state index in [9.17, 15) is 0 Å². The summed E-state index contributed by atoms with van der Waals surface area (Å²) in [6, 6.07) is 22.4. The van der Waals surface area contributed by atoms with E-state index < -0.39 is 0 Å². The maximum Gasteiger partial charge on any atom is 0.161 e. The van der Waals surface area contributed by atoms with Crippen LogP contribution in [0.15, 0.2) is 66.7 Å². The van der Waals surface area contributed by atoms with Gasteiger partial charge in [0.05, 0.1) is 36.6 Å².